The van der Waals surface area contributed by atoms with E-state index in [1.165, 1.54) is 34.4 Å². The van der Waals surface area contributed by atoms with Crippen LogP contribution in [0.15, 0.2) is 45.4 Å². The average molecular weight is 419 g/mol. The Morgan fingerprint density at radius 2 is 2.07 bits per heavy atom. The second kappa shape index (κ2) is 8.12. The standard InChI is InChI=1S/C18H14N2O4S3/c21-13(16-2-1-5-25-16)9-27-18-20-12(8-26-18)7-17(22)19-11-3-4-14-15(6-11)24-10-23-14/h1-6,8H,7,9-10H2,(H,19,22). The van der Waals surface area contributed by atoms with Gasteiger partial charge in [0.1, 0.15) is 0 Å². The molecule has 138 valence electrons. The molecule has 0 radical (unpaired) electrons. The van der Waals surface area contributed by atoms with Crippen LogP contribution >= 0.6 is 34.4 Å². The number of amides is 1. The maximum atomic E-state index is 12.2. The number of nitrogens with zero attached hydrogens (tertiary/aromatic N) is 1. The van der Waals surface area contributed by atoms with E-state index in [1.807, 2.05) is 22.9 Å². The summed E-state index contributed by atoms with van der Waals surface area (Å²) >= 11 is 4.27. The monoisotopic (exact) mass is 418 g/mol. The Hall–Kier alpha value is -2.36. The number of benzene rings is 1. The van der Waals surface area contributed by atoms with Crippen molar-refractivity contribution in [3.05, 3.63) is 51.7 Å². The fourth-order valence-corrected chi connectivity index (χ4v) is 4.90. The van der Waals surface area contributed by atoms with Gasteiger partial charge in [-0.05, 0) is 23.6 Å². The molecule has 0 saturated heterocycles. The third kappa shape index (κ3) is 4.49. The number of carbonyl (C=O) groups excluding carboxylic acids is 2. The van der Waals surface area contributed by atoms with Crippen LogP contribution in [0.5, 0.6) is 11.5 Å². The Labute approximate surface area is 167 Å². The highest BCUT2D eigenvalue weighted by Gasteiger charge is 2.15. The van der Waals surface area contributed by atoms with Crippen LogP contribution in [0.25, 0.3) is 0 Å². The highest BCUT2D eigenvalue weighted by Crippen LogP contribution is 2.34. The average Bonchev–Trinajstić information content (AvgIpc) is 3.40. The van der Waals surface area contributed by atoms with Gasteiger partial charge in [0.05, 0.1) is 22.7 Å². The summed E-state index contributed by atoms with van der Waals surface area (Å²) in [6.07, 6.45) is 0.171. The summed E-state index contributed by atoms with van der Waals surface area (Å²) in [7, 11) is 0. The highest BCUT2D eigenvalue weighted by molar-refractivity contribution is 8.01. The number of ketones is 1. The molecule has 0 atom stereocenters. The number of carbonyl (C=O) groups is 2. The molecule has 6 nitrogen and oxygen atoms in total. The molecule has 3 aromatic rings. The number of thiazole rings is 1. The predicted molar refractivity (Wildman–Crippen MR) is 106 cm³/mol. The van der Waals surface area contributed by atoms with Crippen LogP contribution < -0.4 is 14.8 Å². The van der Waals surface area contributed by atoms with E-state index in [-0.39, 0.29) is 24.9 Å². The third-order valence-electron chi connectivity index (χ3n) is 3.65. The van der Waals surface area contributed by atoms with Crippen molar-refractivity contribution < 1.29 is 19.1 Å². The Morgan fingerprint density at radius 3 is 2.93 bits per heavy atom. The van der Waals surface area contributed by atoms with Gasteiger partial charge in [-0.3, -0.25) is 9.59 Å². The molecule has 0 bridgehead atoms. The summed E-state index contributed by atoms with van der Waals surface area (Å²) in [5.41, 5.74) is 1.33. The molecule has 0 saturated carbocycles. The molecule has 0 aliphatic carbocycles. The highest BCUT2D eigenvalue weighted by atomic mass is 32.2. The number of thioether (sulfide) groups is 1. The molecule has 4 rings (SSSR count). The topological polar surface area (TPSA) is 77.5 Å². The number of ether oxygens (including phenoxy) is 2. The number of fused-ring (bicyclic) bond motifs is 1. The summed E-state index contributed by atoms with van der Waals surface area (Å²) in [5.74, 6) is 1.57. The van der Waals surface area contributed by atoms with E-state index in [0.717, 1.165) is 9.22 Å². The number of hydrogen-bond donors (Lipinski definition) is 1. The first kappa shape index (κ1) is 18.0. The van der Waals surface area contributed by atoms with Gasteiger partial charge in [0.2, 0.25) is 12.7 Å². The van der Waals surface area contributed by atoms with Gasteiger partial charge in [0, 0.05) is 17.1 Å². The second-order valence-electron chi connectivity index (χ2n) is 5.59. The SMILES string of the molecule is O=C(Cc1csc(SCC(=O)c2cccs2)n1)Nc1ccc2c(c1)OCO2. The Balaban J connectivity index is 1.29. The Morgan fingerprint density at radius 1 is 1.19 bits per heavy atom. The number of rotatable bonds is 7. The third-order valence-corrected chi connectivity index (χ3v) is 6.63. The van der Waals surface area contributed by atoms with E-state index in [4.69, 9.17) is 9.47 Å². The molecule has 1 N–H and O–H groups in total. The van der Waals surface area contributed by atoms with Gasteiger partial charge in [-0.1, -0.05) is 17.8 Å². The largest absolute Gasteiger partial charge is 0.454 e. The molecule has 9 heteroatoms. The van der Waals surface area contributed by atoms with E-state index in [2.05, 4.69) is 10.3 Å². The van der Waals surface area contributed by atoms with E-state index in [9.17, 15) is 9.59 Å². The predicted octanol–water partition coefficient (Wildman–Crippen LogP) is 4.09. The smallest absolute Gasteiger partial charge is 0.231 e. The van der Waals surface area contributed by atoms with Crippen LogP contribution in [-0.2, 0) is 11.2 Å². The maximum absolute atomic E-state index is 12.2. The van der Waals surface area contributed by atoms with E-state index >= 15 is 0 Å². The van der Waals surface area contributed by atoms with Gasteiger partial charge in [-0.2, -0.15) is 0 Å². The van der Waals surface area contributed by atoms with Crippen LogP contribution in [-0.4, -0.2) is 29.2 Å². The molecule has 0 unspecified atom stereocenters. The van der Waals surface area contributed by atoms with Gasteiger partial charge >= 0.3 is 0 Å². The van der Waals surface area contributed by atoms with Crippen LogP contribution in [0.3, 0.4) is 0 Å². The fraction of sp³-hybridized carbons (Fsp3) is 0.167. The number of hydrogen-bond acceptors (Lipinski definition) is 8. The second-order valence-corrected chi connectivity index (χ2v) is 8.62. The lowest BCUT2D eigenvalue weighted by Gasteiger charge is -2.05. The Bertz CT molecular complexity index is 969. The van der Waals surface area contributed by atoms with E-state index < -0.39 is 0 Å². The van der Waals surface area contributed by atoms with Crippen LogP contribution in [0.1, 0.15) is 15.4 Å². The van der Waals surface area contributed by atoms with Gasteiger partial charge in [-0.15, -0.1) is 22.7 Å². The van der Waals surface area contributed by atoms with Crippen molar-refractivity contribution in [3.8, 4) is 11.5 Å². The number of Topliss-reactive ketones (excluding diaryl/α,β-unsaturated/α-hetero) is 1. The molecule has 0 spiro atoms. The van der Waals surface area contributed by atoms with E-state index in [0.29, 0.717) is 28.6 Å². The minimum absolute atomic E-state index is 0.0901. The maximum Gasteiger partial charge on any atom is 0.231 e. The molecule has 0 fully saturated rings. The van der Waals surface area contributed by atoms with Crippen molar-refractivity contribution in [2.75, 3.05) is 17.9 Å². The summed E-state index contributed by atoms with van der Waals surface area (Å²) < 4.78 is 11.3. The fourth-order valence-electron chi connectivity index (χ4n) is 2.42. The lowest BCUT2D eigenvalue weighted by Crippen LogP contribution is -2.14. The number of anilines is 1. The summed E-state index contributed by atoms with van der Waals surface area (Å²) in [5, 5.41) is 6.56. The van der Waals surface area contributed by atoms with Crippen molar-refractivity contribution in [1.82, 2.24) is 4.98 Å². The van der Waals surface area contributed by atoms with Crippen molar-refractivity contribution in [3.63, 3.8) is 0 Å². The minimum atomic E-state index is -0.162. The molecule has 1 aliphatic rings. The summed E-state index contributed by atoms with van der Waals surface area (Å²) in [4.78, 5) is 29.4. The number of nitrogens with one attached hydrogen (secondary N) is 1. The zero-order valence-electron chi connectivity index (χ0n) is 14.0. The molecule has 27 heavy (non-hydrogen) atoms. The zero-order chi connectivity index (χ0) is 18.6. The molecule has 1 aliphatic heterocycles. The zero-order valence-corrected chi connectivity index (χ0v) is 16.4. The molecule has 2 aromatic heterocycles. The van der Waals surface area contributed by atoms with Gasteiger partial charge in [0.25, 0.3) is 0 Å². The van der Waals surface area contributed by atoms with Crippen molar-refractivity contribution in [2.24, 2.45) is 0 Å². The number of aromatic nitrogens is 1. The molecule has 1 amide bonds. The first-order valence-electron chi connectivity index (χ1n) is 8.01. The summed E-state index contributed by atoms with van der Waals surface area (Å²) in [6.45, 7) is 0.195. The molecule has 1 aromatic carbocycles. The molecular formula is C18H14N2O4S3. The van der Waals surface area contributed by atoms with Gasteiger partial charge < -0.3 is 14.8 Å². The quantitative estimate of drug-likeness (QED) is 0.460. The summed E-state index contributed by atoms with van der Waals surface area (Å²) in [6, 6.07) is 8.95. The minimum Gasteiger partial charge on any atom is -0.454 e. The van der Waals surface area contributed by atoms with Crippen LogP contribution in [0, 0.1) is 0 Å². The first-order chi connectivity index (χ1) is 13.2. The lowest BCUT2D eigenvalue weighted by molar-refractivity contribution is -0.115. The number of thiophene rings is 1. The van der Waals surface area contributed by atoms with Crippen molar-refractivity contribution in [2.45, 2.75) is 10.8 Å². The van der Waals surface area contributed by atoms with Crippen LogP contribution in [0.4, 0.5) is 5.69 Å². The molecular weight excluding hydrogens is 404 g/mol. The Kier molecular flexibility index (Phi) is 5.42. The van der Waals surface area contributed by atoms with Gasteiger partial charge in [-0.25, -0.2) is 4.98 Å². The van der Waals surface area contributed by atoms with Crippen molar-refractivity contribution in [1.29, 1.82) is 0 Å². The van der Waals surface area contributed by atoms with Crippen molar-refractivity contribution >= 4 is 51.8 Å². The normalized spacial score (nSPS) is 12.1. The van der Waals surface area contributed by atoms with Gasteiger partial charge in [0.15, 0.2) is 21.6 Å². The van der Waals surface area contributed by atoms with E-state index in [1.54, 1.807) is 18.2 Å². The first-order valence-corrected chi connectivity index (χ1v) is 10.8. The van der Waals surface area contributed by atoms with Crippen LogP contribution in [0.2, 0.25) is 0 Å². The molecule has 3 heterocycles. The lowest BCUT2D eigenvalue weighted by atomic mass is 10.2.